The summed E-state index contributed by atoms with van der Waals surface area (Å²) < 4.78 is 0. The maximum absolute atomic E-state index is 9.22. The summed E-state index contributed by atoms with van der Waals surface area (Å²) in [5.74, 6) is 0. The lowest BCUT2D eigenvalue weighted by Crippen LogP contribution is -2.20. The molecule has 11 heavy (non-hydrogen) atoms. The fraction of sp³-hybridized carbons (Fsp3) is 1.00. The minimum atomic E-state index is -0.489. The van der Waals surface area contributed by atoms with Crippen LogP contribution in [0.15, 0.2) is 0 Å². The molecule has 0 aromatic rings. The van der Waals surface area contributed by atoms with Gasteiger partial charge in [-0.15, -0.1) is 0 Å². The Hall–Kier alpha value is -0.0800. The molecule has 0 bridgehead atoms. The molecule has 0 aliphatic carbocycles. The van der Waals surface area contributed by atoms with Crippen LogP contribution in [0.4, 0.5) is 0 Å². The zero-order chi connectivity index (χ0) is 9.33. The van der Waals surface area contributed by atoms with Crippen molar-refractivity contribution in [3.8, 4) is 0 Å². The van der Waals surface area contributed by atoms with Crippen LogP contribution in [0, 0.1) is 0 Å². The molecule has 0 heterocycles. The zero-order valence-corrected chi connectivity index (χ0v) is 8.57. The maximum Gasteiger partial charge on any atom is 0.0592 e. The van der Waals surface area contributed by atoms with Gasteiger partial charge >= 0.3 is 0 Å². The van der Waals surface area contributed by atoms with Crippen molar-refractivity contribution in [1.82, 2.24) is 5.32 Å². The van der Waals surface area contributed by atoms with Crippen LogP contribution in [0.1, 0.15) is 40.5 Å². The van der Waals surface area contributed by atoms with Crippen molar-refractivity contribution >= 4 is 0 Å². The zero-order valence-electron chi connectivity index (χ0n) is 8.57. The molecule has 0 saturated heterocycles. The lowest BCUT2D eigenvalue weighted by molar-refractivity contribution is 0.0690. The summed E-state index contributed by atoms with van der Waals surface area (Å²) in [6.45, 7) is 8.66. The Labute approximate surface area is 71.0 Å². The maximum atomic E-state index is 9.22. The fourth-order valence-electron chi connectivity index (χ4n) is 0.698. The van der Waals surface area contributed by atoms with E-state index in [1.807, 2.05) is 34.7 Å². The van der Waals surface area contributed by atoms with Crippen molar-refractivity contribution in [1.29, 1.82) is 0 Å². The SMILES string of the molecule is CC.CNCCCC(C)(C)O. The van der Waals surface area contributed by atoms with E-state index in [0.29, 0.717) is 0 Å². The van der Waals surface area contributed by atoms with Gasteiger partial charge in [0.25, 0.3) is 0 Å². The van der Waals surface area contributed by atoms with Gasteiger partial charge in [-0.3, -0.25) is 0 Å². The van der Waals surface area contributed by atoms with Crippen molar-refractivity contribution in [3.05, 3.63) is 0 Å². The van der Waals surface area contributed by atoms with Crippen LogP contribution in [0.2, 0.25) is 0 Å². The molecule has 0 aliphatic rings. The summed E-state index contributed by atoms with van der Waals surface area (Å²) in [6.07, 6.45) is 1.91. The van der Waals surface area contributed by atoms with Crippen molar-refractivity contribution in [2.24, 2.45) is 0 Å². The average molecular weight is 161 g/mol. The first-order valence-corrected chi connectivity index (χ1v) is 4.43. The van der Waals surface area contributed by atoms with Gasteiger partial charge in [-0.1, -0.05) is 13.8 Å². The molecule has 2 heteroatoms. The Kier molecular flexibility index (Phi) is 9.85. The summed E-state index contributed by atoms with van der Waals surface area (Å²) in [7, 11) is 1.92. The Bertz CT molecular complexity index is 66.5. The van der Waals surface area contributed by atoms with Crippen LogP contribution in [0.5, 0.6) is 0 Å². The van der Waals surface area contributed by atoms with Gasteiger partial charge in [0.1, 0.15) is 0 Å². The lowest BCUT2D eigenvalue weighted by Gasteiger charge is -2.15. The van der Waals surface area contributed by atoms with Crippen LogP contribution in [-0.2, 0) is 0 Å². The number of hydrogen-bond donors (Lipinski definition) is 2. The smallest absolute Gasteiger partial charge is 0.0592 e. The summed E-state index contributed by atoms with van der Waals surface area (Å²) in [5, 5.41) is 12.2. The van der Waals surface area contributed by atoms with Crippen LogP contribution in [-0.4, -0.2) is 24.3 Å². The van der Waals surface area contributed by atoms with E-state index in [4.69, 9.17) is 0 Å². The van der Waals surface area contributed by atoms with Crippen molar-refractivity contribution in [2.75, 3.05) is 13.6 Å². The van der Waals surface area contributed by atoms with Gasteiger partial charge in [0, 0.05) is 0 Å². The molecule has 0 saturated carbocycles. The third kappa shape index (κ3) is 17.8. The van der Waals surface area contributed by atoms with E-state index in [1.165, 1.54) is 0 Å². The first-order chi connectivity index (χ1) is 5.06. The second-order valence-electron chi connectivity index (χ2n) is 3.02. The highest BCUT2D eigenvalue weighted by molar-refractivity contribution is 4.64. The predicted molar refractivity (Wildman–Crippen MR) is 50.8 cm³/mol. The predicted octanol–water partition coefficient (Wildman–Crippen LogP) is 1.78. The van der Waals surface area contributed by atoms with E-state index < -0.39 is 5.60 Å². The third-order valence-electron chi connectivity index (χ3n) is 1.22. The molecule has 0 atom stereocenters. The highest BCUT2D eigenvalue weighted by Crippen LogP contribution is 2.08. The van der Waals surface area contributed by atoms with E-state index >= 15 is 0 Å². The Morgan fingerprint density at radius 1 is 1.27 bits per heavy atom. The van der Waals surface area contributed by atoms with Crippen LogP contribution in [0.25, 0.3) is 0 Å². The first kappa shape index (κ1) is 13.5. The van der Waals surface area contributed by atoms with E-state index in [9.17, 15) is 5.11 Å². The molecule has 0 amide bonds. The van der Waals surface area contributed by atoms with Crippen molar-refractivity contribution in [3.63, 3.8) is 0 Å². The molecule has 2 nitrogen and oxygen atoms in total. The fourth-order valence-corrected chi connectivity index (χ4v) is 0.698. The monoisotopic (exact) mass is 161 g/mol. The second-order valence-corrected chi connectivity index (χ2v) is 3.02. The Morgan fingerprint density at radius 2 is 1.73 bits per heavy atom. The van der Waals surface area contributed by atoms with Gasteiger partial charge in [0.15, 0.2) is 0 Å². The van der Waals surface area contributed by atoms with E-state index in [1.54, 1.807) is 0 Å². The first-order valence-electron chi connectivity index (χ1n) is 4.43. The van der Waals surface area contributed by atoms with Gasteiger partial charge in [-0.2, -0.15) is 0 Å². The lowest BCUT2D eigenvalue weighted by atomic mass is 10.0. The average Bonchev–Trinajstić information content (AvgIpc) is 1.90. The summed E-state index contributed by atoms with van der Waals surface area (Å²) in [5.41, 5.74) is -0.489. The quantitative estimate of drug-likeness (QED) is 0.616. The molecule has 0 aliphatic heterocycles. The topological polar surface area (TPSA) is 32.3 Å². The van der Waals surface area contributed by atoms with Crippen LogP contribution >= 0.6 is 0 Å². The van der Waals surface area contributed by atoms with E-state index in [2.05, 4.69) is 5.32 Å². The summed E-state index contributed by atoms with van der Waals surface area (Å²) in [4.78, 5) is 0. The number of rotatable bonds is 4. The van der Waals surface area contributed by atoms with Gasteiger partial charge < -0.3 is 10.4 Å². The molecule has 0 aromatic carbocycles. The van der Waals surface area contributed by atoms with Crippen LogP contribution < -0.4 is 5.32 Å². The molecule has 0 unspecified atom stereocenters. The molecule has 0 fully saturated rings. The van der Waals surface area contributed by atoms with Gasteiger partial charge in [0.2, 0.25) is 0 Å². The molecular weight excluding hydrogens is 138 g/mol. The van der Waals surface area contributed by atoms with Crippen molar-refractivity contribution < 1.29 is 5.11 Å². The number of nitrogens with one attached hydrogen (secondary N) is 1. The molecule has 0 rings (SSSR count). The molecule has 0 aromatic heterocycles. The van der Waals surface area contributed by atoms with E-state index in [0.717, 1.165) is 19.4 Å². The normalized spacial score (nSPS) is 10.4. The van der Waals surface area contributed by atoms with Gasteiger partial charge in [0.05, 0.1) is 5.60 Å². The Morgan fingerprint density at radius 3 is 2.00 bits per heavy atom. The molecule has 0 radical (unpaired) electrons. The largest absolute Gasteiger partial charge is 0.390 e. The minimum Gasteiger partial charge on any atom is -0.390 e. The third-order valence-corrected chi connectivity index (χ3v) is 1.22. The van der Waals surface area contributed by atoms with E-state index in [-0.39, 0.29) is 0 Å². The standard InChI is InChI=1S/C7H17NO.C2H6/c1-7(2,9)5-4-6-8-3;1-2/h8-9H,4-6H2,1-3H3;1-2H3. The number of aliphatic hydroxyl groups is 1. The van der Waals surface area contributed by atoms with Crippen LogP contribution in [0.3, 0.4) is 0 Å². The minimum absolute atomic E-state index is 0.489. The molecule has 2 N–H and O–H groups in total. The van der Waals surface area contributed by atoms with Crippen molar-refractivity contribution in [2.45, 2.75) is 46.1 Å². The highest BCUT2D eigenvalue weighted by Gasteiger charge is 2.10. The Balaban J connectivity index is 0. The van der Waals surface area contributed by atoms with Gasteiger partial charge in [-0.05, 0) is 40.3 Å². The molecule has 0 spiro atoms. The molecule has 70 valence electrons. The second kappa shape index (κ2) is 8.02. The highest BCUT2D eigenvalue weighted by atomic mass is 16.3. The molecular formula is C9H23NO. The van der Waals surface area contributed by atoms with Gasteiger partial charge in [-0.25, -0.2) is 0 Å². The summed E-state index contributed by atoms with van der Waals surface area (Å²) >= 11 is 0. The summed E-state index contributed by atoms with van der Waals surface area (Å²) in [6, 6.07) is 0. The number of hydrogen-bond acceptors (Lipinski definition) is 2.